The lowest BCUT2D eigenvalue weighted by Crippen LogP contribution is -2.25. The quantitative estimate of drug-likeness (QED) is 0.277. The van der Waals surface area contributed by atoms with Crippen molar-refractivity contribution in [3.05, 3.63) is 95.1 Å². The van der Waals surface area contributed by atoms with Crippen molar-refractivity contribution in [1.82, 2.24) is 15.0 Å². The normalized spacial score (nSPS) is 11.8. The minimum absolute atomic E-state index is 0.0951. The molecule has 2 N–H and O–H groups in total. The summed E-state index contributed by atoms with van der Waals surface area (Å²) in [5.74, 6) is 0.754. The molecule has 0 spiro atoms. The summed E-state index contributed by atoms with van der Waals surface area (Å²) in [6.07, 6.45) is 0.626. The van der Waals surface area contributed by atoms with E-state index >= 15 is 0 Å². The van der Waals surface area contributed by atoms with Gasteiger partial charge in [0, 0.05) is 16.5 Å². The van der Waals surface area contributed by atoms with E-state index < -0.39 is 0 Å². The average Bonchev–Trinajstić information content (AvgIpc) is 3.36. The lowest BCUT2D eigenvalue weighted by Gasteiger charge is -2.09. The summed E-state index contributed by atoms with van der Waals surface area (Å²) >= 11 is 1.45. The molecule has 0 aliphatic rings. The van der Waals surface area contributed by atoms with E-state index in [0.717, 1.165) is 32.5 Å². The van der Waals surface area contributed by atoms with E-state index in [9.17, 15) is 9.90 Å². The Bertz CT molecular complexity index is 1480. The first-order valence-corrected chi connectivity index (χ1v) is 11.4. The molecule has 2 heterocycles. The van der Waals surface area contributed by atoms with Gasteiger partial charge in [-0.25, -0.2) is 10.4 Å². The molecular weight excluding hydrogens is 432 g/mol. The van der Waals surface area contributed by atoms with Gasteiger partial charge in [0.2, 0.25) is 0 Å². The van der Waals surface area contributed by atoms with Crippen molar-refractivity contribution in [3.63, 3.8) is 0 Å². The molecule has 0 saturated heterocycles. The van der Waals surface area contributed by atoms with Crippen LogP contribution >= 0.6 is 11.3 Å². The molecule has 0 radical (unpaired) electrons. The number of aromatic nitrogens is 2. The predicted octanol–water partition coefficient (Wildman–Crippen LogP) is 5.09. The zero-order valence-electron chi connectivity index (χ0n) is 18.0. The van der Waals surface area contributed by atoms with E-state index in [4.69, 9.17) is 4.98 Å². The maximum Gasteiger partial charge on any atom is 0.260 e. The van der Waals surface area contributed by atoms with Crippen molar-refractivity contribution in [2.45, 2.75) is 19.9 Å². The van der Waals surface area contributed by atoms with Crippen LogP contribution in [0.5, 0.6) is 5.75 Å². The second kappa shape index (κ2) is 8.88. The molecule has 33 heavy (non-hydrogen) atoms. The van der Waals surface area contributed by atoms with Gasteiger partial charge in [-0.3, -0.25) is 4.79 Å². The van der Waals surface area contributed by atoms with Crippen molar-refractivity contribution in [1.29, 1.82) is 0 Å². The fourth-order valence-corrected chi connectivity index (χ4v) is 4.91. The van der Waals surface area contributed by atoms with Crippen molar-refractivity contribution < 1.29 is 9.90 Å². The number of rotatable bonds is 6. The van der Waals surface area contributed by atoms with Gasteiger partial charge in [-0.2, -0.15) is 5.10 Å². The fourth-order valence-electron chi connectivity index (χ4n) is 3.87. The number of fused-ring (bicyclic) bond motifs is 2. The Hall–Kier alpha value is -3.97. The third-order valence-corrected chi connectivity index (χ3v) is 6.76. The number of carbonyl (C=O) groups is 1. The Morgan fingerprint density at radius 1 is 1.03 bits per heavy atom. The maximum absolute atomic E-state index is 12.8. The fraction of sp³-hybridized carbons (Fsp3) is 0.115. The van der Waals surface area contributed by atoms with Crippen LogP contribution in [0.1, 0.15) is 23.2 Å². The van der Waals surface area contributed by atoms with Crippen molar-refractivity contribution >= 4 is 44.1 Å². The van der Waals surface area contributed by atoms with Crippen LogP contribution in [-0.4, -0.2) is 26.3 Å². The van der Waals surface area contributed by atoms with E-state index in [1.54, 1.807) is 6.92 Å². The molecule has 0 fully saturated rings. The van der Waals surface area contributed by atoms with E-state index in [0.29, 0.717) is 17.0 Å². The zero-order valence-corrected chi connectivity index (χ0v) is 18.8. The maximum atomic E-state index is 12.8. The van der Waals surface area contributed by atoms with Gasteiger partial charge in [0.1, 0.15) is 18.1 Å². The summed E-state index contributed by atoms with van der Waals surface area (Å²) < 4.78 is 2.90. The van der Waals surface area contributed by atoms with Gasteiger partial charge in [-0.05, 0) is 36.8 Å². The minimum atomic E-state index is -0.257. The second-order valence-corrected chi connectivity index (χ2v) is 8.83. The predicted molar refractivity (Wildman–Crippen MR) is 133 cm³/mol. The topological polar surface area (TPSA) is 79.5 Å². The highest BCUT2D eigenvalue weighted by Crippen LogP contribution is 2.36. The van der Waals surface area contributed by atoms with Crippen molar-refractivity contribution in [2.75, 3.05) is 0 Å². The van der Waals surface area contributed by atoms with Crippen molar-refractivity contribution in [2.24, 2.45) is 5.10 Å². The number of imidazole rings is 1. The van der Waals surface area contributed by atoms with Gasteiger partial charge in [0.05, 0.1) is 21.6 Å². The van der Waals surface area contributed by atoms with Gasteiger partial charge >= 0.3 is 0 Å². The number of nitrogens with zero attached hydrogens (tertiary/aromatic N) is 3. The summed E-state index contributed by atoms with van der Waals surface area (Å²) in [6, 6.07) is 25.5. The molecule has 6 nitrogen and oxygen atoms in total. The standard InChI is InChI=1S/C26H22N4O2S/c1-17(26-25(32)19-11-5-8-14-22(19)33-26)28-29-24(31)16-30-21-13-7-6-12-20(21)27-23(30)15-18-9-3-2-4-10-18/h2-14,32H,15-16H2,1H3,(H,29,31). The summed E-state index contributed by atoms with van der Waals surface area (Å²) in [5, 5.41) is 15.6. The monoisotopic (exact) mass is 454 g/mol. The Morgan fingerprint density at radius 3 is 2.58 bits per heavy atom. The first-order chi connectivity index (χ1) is 16.1. The van der Waals surface area contributed by atoms with Gasteiger partial charge in [-0.1, -0.05) is 54.6 Å². The van der Waals surface area contributed by atoms with E-state index in [-0.39, 0.29) is 18.2 Å². The van der Waals surface area contributed by atoms with Crippen LogP contribution in [0.15, 0.2) is 84.0 Å². The Labute approximate surface area is 194 Å². The number of carbonyl (C=O) groups excluding carboxylic acids is 1. The minimum Gasteiger partial charge on any atom is -0.506 e. The lowest BCUT2D eigenvalue weighted by atomic mass is 10.1. The number of benzene rings is 3. The summed E-state index contributed by atoms with van der Waals surface area (Å²) in [4.78, 5) is 18.2. The summed E-state index contributed by atoms with van der Waals surface area (Å²) in [7, 11) is 0. The molecule has 0 aliphatic carbocycles. The Kier molecular flexibility index (Phi) is 5.62. The molecule has 164 valence electrons. The average molecular weight is 455 g/mol. The summed E-state index contributed by atoms with van der Waals surface area (Å²) in [5.41, 5.74) is 6.09. The van der Waals surface area contributed by atoms with Crippen LogP contribution in [0.2, 0.25) is 0 Å². The molecule has 0 aliphatic heterocycles. The Morgan fingerprint density at radius 2 is 1.76 bits per heavy atom. The number of nitrogens with one attached hydrogen (secondary N) is 1. The van der Waals surface area contributed by atoms with Crippen molar-refractivity contribution in [3.8, 4) is 5.75 Å². The van der Waals surface area contributed by atoms with Gasteiger partial charge in [0.25, 0.3) is 5.91 Å². The van der Waals surface area contributed by atoms with E-state index in [1.807, 2.05) is 71.3 Å². The number of amides is 1. The molecule has 0 unspecified atom stereocenters. The molecule has 3 aromatic carbocycles. The summed E-state index contributed by atoms with van der Waals surface area (Å²) in [6.45, 7) is 1.87. The largest absolute Gasteiger partial charge is 0.506 e. The van der Waals surface area contributed by atoms with E-state index in [1.165, 1.54) is 11.3 Å². The smallest absolute Gasteiger partial charge is 0.260 e. The number of hydrogen-bond donors (Lipinski definition) is 2. The molecular formula is C26H22N4O2S. The number of aromatic hydroxyl groups is 1. The Balaban J connectivity index is 1.38. The highest BCUT2D eigenvalue weighted by Gasteiger charge is 2.16. The second-order valence-electron chi connectivity index (χ2n) is 7.77. The number of hydrazone groups is 1. The van der Waals surface area contributed by atoms with Crippen LogP contribution in [-0.2, 0) is 17.8 Å². The highest BCUT2D eigenvalue weighted by atomic mass is 32.1. The van der Waals surface area contributed by atoms with Gasteiger partial charge in [-0.15, -0.1) is 11.3 Å². The number of hydrogen-bond acceptors (Lipinski definition) is 5. The van der Waals surface area contributed by atoms with Gasteiger partial charge in [0.15, 0.2) is 0 Å². The zero-order chi connectivity index (χ0) is 22.8. The molecule has 0 saturated carbocycles. The van der Waals surface area contributed by atoms with Crippen LogP contribution in [0, 0.1) is 0 Å². The highest BCUT2D eigenvalue weighted by molar-refractivity contribution is 7.21. The first kappa shape index (κ1) is 20.9. The molecule has 5 rings (SSSR count). The molecule has 2 aromatic heterocycles. The first-order valence-electron chi connectivity index (χ1n) is 10.6. The molecule has 0 bridgehead atoms. The van der Waals surface area contributed by atoms with Gasteiger partial charge < -0.3 is 9.67 Å². The molecule has 1 amide bonds. The SMILES string of the molecule is CC(=NNC(=O)Cn1c(Cc2ccccc2)nc2ccccc21)c1sc2ccccc2c1O. The molecule has 0 atom stereocenters. The lowest BCUT2D eigenvalue weighted by molar-refractivity contribution is -0.121. The third kappa shape index (κ3) is 4.23. The van der Waals surface area contributed by atoms with E-state index in [2.05, 4.69) is 22.7 Å². The number of para-hydroxylation sites is 2. The van der Waals surface area contributed by atoms with Crippen LogP contribution < -0.4 is 5.43 Å². The van der Waals surface area contributed by atoms with Crippen LogP contribution in [0.4, 0.5) is 0 Å². The number of thiophene rings is 1. The molecule has 7 heteroatoms. The van der Waals surface area contributed by atoms with Crippen LogP contribution in [0.25, 0.3) is 21.1 Å². The van der Waals surface area contributed by atoms with Crippen LogP contribution in [0.3, 0.4) is 0 Å². The third-order valence-electron chi connectivity index (χ3n) is 5.49. The molecule has 5 aromatic rings.